The van der Waals surface area contributed by atoms with Crippen LogP contribution in [0.25, 0.3) is 0 Å². The Morgan fingerprint density at radius 3 is 2.62 bits per heavy atom. The predicted octanol–water partition coefficient (Wildman–Crippen LogP) is 3.03. The highest BCUT2D eigenvalue weighted by molar-refractivity contribution is 5.91. The van der Waals surface area contributed by atoms with Crippen molar-refractivity contribution < 1.29 is 9.53 Å². The van der Waals surface area contributed by atoms with Crippen molar-refractivity contribution in [1.29, 1.82) is 0 Å². The van der Waals surface area contributed by atoms with Crippen molar-refractivity contribution in [3.8, 4) is 5.75 Å². The first-order valence-electron chi connectivity index (χ1n) is 6.89. The second-order valence-electron chi connectivity index (χ2n) is 5.06. The SMILES string of the molecule is Cc1ccc(NC(=O)COc2cccc([C@H](C)N)c2)cc1. The summed E-state index contributed by atoms with van der Waals surface area (Å²) in [5.74, 6) is 0.453. The molecule has 2 rings (SSSR count). The summed E-state index contributed by atoms with van der Waals surface area (Å²) in [7, 11) is 0. The maximum absolute atomic E-state index is 11.8. The zero-order chi connectivity index (χ0) is 15.2. The summed E-state index contributed by atoms with van der Waals surface area (Å²) in [6.45, 7) is 3.87. The van der Waals surface area contributed by atoms with Crippen LogP contribution in [0.4, 0.5) is 5.69 Å². The van der Waals surface area contributed by atoms with Crippen molar-refractivity contribution >= 4 is 11.6 Å². The smallest absolute Gasteiger partial charge is 0.262 e. The molecule has 0 aliphatic carbocycles. The average molecular weight is 284 g/mol. The highest BCUT2D eigenvalue weighted by Gasteiger charge is 2.05. The lowest BCUT2D eigenvalue weighted by Gasteiger charge is -2.10. The van der Waals surface area contributed by atoms with Crippen LogP contribution >= 0.6 is 0 Å². The molecule has 0 aliphatic rings. The number of anilines is 1. The van der Waals surface area contributed by atoms with Gasteiger partial charge in [-0.2, -0.15) is 0 Å². The third-order valence-electron chi connectivity index (χ3n) is 3.09. The van der Waals surface area contributed by atoms with Gasteiger partial charge in [-0.3, -0.25) is 4.79 Å². The van der Waals surface area contributed by atoms with Crippen LogP contribution in [0.2, 0.25) is 0 Å². The summed E-state index contributed by atoms with van der Waals surface area (Å²) in [5, 5.41) is 2.79. The Hall–Kier alpha value is -2.33. The molecule has 21 heavy (non-hydrogen) atoms. The number of benzene rings is 2. The molecule has 4 heteroatoms. The van der Waals surface area contributed by atoms with E-state index in [1.807, 2.05) is 62.4 Å². The Morgan fingerprint density at radius 2 is 1.95 bits per heavy atom. The lowest BCUT2D eigenvalue weighted by Crippen LogP contribution is -2.20. The van der Waals surface area contributed by atoms with Crippen LogP contribution < -0.4 is 15.8 Å². The first-order valence-corrected chi connectivity index (χ1v) is 6.89. The van der Waals surface area contributed by atoms with E-state index in [2.05, 4.69) is 5.32 Å². The molecular formula is C17H20N2O2. The van der Waals surface area contributed by atoms with Crippen molar-refractivity contribution in [2.45, 2.75) is 19.9 Å². The van der Waals surface area contributed by atoms with Gasteiger partial charge in [-0.15, -0.1) is 0 Å². The fourth-order valence-corrected chi connectivity index (χ4v) is 1.87. The van der Waals surface area contributed by atoms with Gasteiger partial charge in [-0.1, -0.05) is 29.8 Å². The topological polar surface area (TPSA) is 64.3 Å². The Morgan fingerprint density at radius 1 is 1.24 bits per heavy atom. The number of aryl methyl sites for hydroxylation is 1. The quantitative estimate of drug-likeness (QED) is 0.887. The summed E-state index contributed by atoms with van der Waals surface area (Å²) in [4.78, 5) is 11.8. The van der Waals surface area contributed by atoms with E-state index in [-0.39, 0.29) is 18.6 Å². The van der Waals surface area contributed by atoms with Crippen LogP contribution in [-0.2, 0) is 4.79 Å². The molecule has 110 valence electrons. The second-order valence-corrected chi connectivity index (χ2v) is 5.06. The van der Waals surface area contributed by atoms with Crippen LogP contribution in [0.3, 0.4) is 0 Å². The number of hydrogen-bond donors (Lipinski definition) is 2. The minimum Gasteiger partial charge on any atom is -0.484 e. The minimum absolute atomic E-state index is 0.0315. The second kappa shape index (κ2) is 6.90. The van der Waals surface area contributed by atoms with Crippen LogP contribution in [0.5, 0.6) is 5.75 Å². The molecule has 2 aromatic carbocycles. The van der Waals surface area contributed by atoms with E-state index in [9.17, 15) is 4.79 Å². The summed E-state index contributed by atoms with van der Waals surface area (Å²) in [6, 6.07) is 15.0. The normalized spacial score (nSPS) is 11.8. The molecule has 0 radical (unpaired) electrons. The molecule has 4 nitrogen and oxygen atoms in total. The Balaban J connectivity index is 1.89. The first kappa shape index (κ1) is 15.1. The van der Waals surface area contributed by atoms with Gasteiger partial charge in [0.2, 0.25) is 0 Å². The molecule has 1 amide bonds. The van der Waals surface area contributed by atoms with Crippen LogP contribution in [0, 0.1) is 6.92 Å². The van der Waals surface area contributed by atoms with E-state index < -0.39 is 0 Å². The molecule has 0 saturated carbocycles. The molecule has 1 atom stereocenters. The molecule has 0 unspecified atom stereocenters. The molecule has 0 bridgehead atoms. The lowest BCUT2D eigenvalue weighted by atomic mass is 10.1. The average Bonchev–Trinajstić information content (AvgIpc) is 2.48. The standard InChI is InChI=1S/C17H20N2O2/c1-12-6-8-15(9-7-12)19-17(20)11-21-16-5-3-4-14(10-16)13(2)18/h3-10,13H,11,18H2,1-2H3,(H,19,20)/t13-/m0/s1. The molecule has 0 aliphatic heterocycles. The maximum Gasteiger partial charge on any atom is 0.262 e. The lowest BCUT2D eigenvalue weighted by molar-refractivity contribution is -0.118. The molecule has 0 fully saturated rings. The first-order chi connectivity index (χ1) is 10.0. The largest absolute Gasteiger partial charge is 0.484 e. The highest BCUT2D eigenvalue weighted by Crippen LogP contribution is 2.17. The number of nitrogens with two attached hydrogens (primary N) is 1. The van der Waals surface area contributed by atoms with E-state index in [0.717, 1.165) is 16.8 Å². The third-order valence-corrected chi connectivity index (χ3v) is 3.09. The van der Waals surface area contributed by atoms with Gasteiger partial charge >= 0.3 is 0 Å². The Kier molecular flexibility index (Phi) is 4.95. The molecule has 0 aromatic heterocycles. The van der Waals surface area contributed by atoms with Gasteiger partial charge in [0, 0.05) is 11.7 Å². The maximum atomic E-state index is 11.8. The number of carbonyl (C=O) groups excluding carboxylic acids is 1. The number of carbonyl (C=O) groups is 1. The number of nitrogens with one attached hydrogen (secondary N) is 1. The fraction of sp³-hybridized carbons (Fsp3) is 0.235. The van der Waals surface area contributed by atoms with E-state index in [1.165, 1.54) is 0 Å². The number of ether oxygens (including phenoxy) is 1. The number of amides is 1. The van der Waals surface area contributed by atoms with Crippen molar-refractivity contribution in [3.05, 3.63) is 59.7 Å². The molecule has 3 N–H and O–H groups in total. The Labute approximate surface area is 124 Å². The molecule has 2 aromatic rings. The van der Waals surface area contributed by atoms with E-state index in [1.54, 1.807) is 0 Å². The minimum atomic E-state index is -0.190. The van der Waals surface area contributed by atoms with Crippen LogP contribution in [0.15, 0.2) is 48.5 Å². The van der Waals surface area contributed by atoms with Crippen molar-refractivity contribution in [2.75, 3.05) is 11.9 Å². The zero-order valence-corrected chi connectivity index (χ0v) is 12.3. The highest BCUT2D eigenvalue weighted by atomic mass is 16.5. The third kappa shape index (κ3) is 4.61. The van der Waals surface area contributed by atoms with Gasteiger partial charge in [-0.05, 0) is 43.7 Å². The van der Waals surface area contributed by atoms with E-state index in [4.69, 9.17) is 10.5 Å². The van der Waals surface area contributed by atoms with Gasteiger partial charge in [0.1, 0.15) is 5.75 Å². The summed E-state index contributed by atoms with van der Waals surface area (Å²) < 4.78 is 5.49. The fourth-order valence-electron chi connectivity index (χ4n) is 1.87. The summed E-state index contributed by atoms with van der Waals surface area (Å²) in [6.07, 6.45) is 0. The van der Waals surface area contributed by atoms with Gasteiger partial charge in [-0.25, -0.2) is 0 Å². The van der Waals surface area contributed by atoms with Gasteiger partial charge in [0.15, 0.2) is 6.61 Å². The molecule has 0 heterocycles. The Bertz CT molecular complexity index is 606. The van der Waals surface area contributed by atoms with Crippen molar-refractivity contribution in [3.63, 3.8) is 0 Å². The summed E-state index contributed by atoms with van der Waals surface area (Å²) >= 11 is 0. The predicted molar refractivity (Wildman–Crippen MR) is 84.3 cm³/mol. The van der Waals surface area contributed by atoms with Crippen molar-refractivity contribution in [1.82, 2.24) is 0 Å². The van der Waals surface area contributed by atoms with Gasteiger partial charge in [0.25, 0.3) is 5.91 Å². The zero-order valence-electron chi connectivity index (χ0n) is 12.3. The number of hydrogen-bond acceptors (Lipinski definition) is 3. The van der Waals surface area contributed by atoms with E-state index >= 15 is 0 Å². The molecular weight excluding hydrogens is 264 g/mol. The molecule has 0 spiro atoms. The van der Waals surface area contributed by atoms with Gasteiger partial charge in [0.05, 0.1) is 0 Å². The summed E-state index contributed by atoms with van der Waals surface area (Å²) in [5.41, 5.74) is 8.71. The van der Waals surface area contributed by atoms with E-state index in [0.29, 0.717) is 5.75 Å². The van der Waals surface area contributed by atoms with Gasteiger partial charge < -0.3 is 15.8 Å². The van der Waals surface area contributed by atoms with Crippen LogP contribution in [0.1, 0.15) is 24.1 Å². The van der Waals surface area contributed by atoms with Crippen LogP contribution in [-0.4, -0.2) is 12.5 Å². The van der Waals surface area contributed by atoms with Crippen molar-refractivity contribution in [2.24, 2.45) is 5.73 Å². The monoisotopic (exact) mass is 284 g/mol. The number of rotatable bonds is 5. The molecule has 0 saturated heterocycles.